The Balaban J connectivity index is 2.58. The van der Waals surface area contributed by atoms with E-state index >= 15 is 0 Å². The lowest BCUT2D eigenvalue weighted by atomic mass is 10.1. The van der Waals surface area contributed by atoms with E-state index in [9.17, 15) is 0 Å². The standard InChI is InChI=1S/C14H18BrNO2/c1-5-16-9(3)13-8(2)11-6-10(17-4)7-12(15)14(11)18-13/h6-7,9,16H,5H2,1-4H3. The van der Waals surface area contributed by atoms with Crippen molar-refractivity contribution >= 4 is 26.9 Å². The molecule has 18 heavy (non-hydrogen) atoms. The first-order chi connectivity index (χ1) is 8.58. The Hall–Kier alpha value is -1.00. The highest BCUT2D eigenvalue weighted by molar-refractivity contribution is 9.10. The molecule has 1 N–H and O–H groups in total. The van der Waals surface area contributed by atoms with Crippen molar-refractivity contribution in [1.82, 2.24) is 5.32 Å². The fourth-order valence-corrected chi connectivity index (χ4v) is 2.72. The molecule has 0 saturated heterocycles. The van der Waals surface area contributed by atoms with Crippen LogP contribution in [-0.2, 0) is 0 Å². The maximum Gasteiger partial charge on any atom is 0.149 e. The molecule has 0 bridgehead atoms. The summed E-state index contributed by atoms with van der Waals surface area (Å²) in [5.41, 5.74) is 2.05. The van der Waals surface area contributed by atoms with Crippen LogP contribution in [0.4, 0.5) is 0 Å². The van der Waals surface area contributed by atoms with Gasteiger partial charge in [0.15, 0.2) is 0 Å². The minimum absolute atomic E-state index is 0.209. The first-order valence-electron chi connectivity index (χ1n) is 6.08. The molecule has 0 aliphatic carbocycles. The van der Waals surface area contributed by atoms with Gasteiger partial charge in [0.2, 0.25) is 0 Å². The first-order valence-corrected chi connectivity index (χ1v) is 6.87. The van der Waals surface area contributed by atoms with Crippen LogP contribution in [0.2, 0.25) is 0 Å². The molecule has 3 nitrogen and oxygen atoms in total. The van der Waals surface area contributed by atoms with Crippen LogP contribution in [-0.4, -0.2) is 13.7 Å². The van der Waals surface area contributed by atoms with Gasteiger partial charge >= 0.3 is 0 Å². The maximum absolute atomic E-state index is 5.98. The van der Waals surface area contributed by atoms with Crippen molar-refractivity contribution in [3.8, 4) is 5.75 Å². The SMILES string of the molecule is CCNC(C)c1oc2c(Br)cc(OC)cc2c1C. The number of halogens is 1. The molecule has 1 atom stereocenters. The lowest BCUT2D eigenvalue weighted by Gasteiger charge is -2.09. The van der Waals surface area contributed by atoms with E-state index in [0.717, 1.165) is 39.1 Å². The van der Waals surface area contributed by atoms with E-state index in [0.29, 0.717) is 0 Å². The Bertz CT molecular complexity index is 562. The quantitative estimate of drug-likeness (QED) is 0.919. The van der Waals surface area contributed by atoms with E-state index in [1.54, 1.807) is 7.11 Å². The summed E-state index contributed by atoms with van der Waals surface area (Å²) < 4.78 is 12.2. The number of fused-ring (bicyclic) bond motifs is 1. The second-order valence-electron chi connectivity index (χ2n) is 4.36. The van der Waals surface area contributed by atoms with Gasteiger partial charge in [-0.25, -0.2) is 0 Å². The summed E-state index contributed by atoms with van der Waals surface area (Å²) in [7, 11) is 1.67. The van der Waals surface area contributed by atoms with Crippen molar-refractivity contribution < 1.29 is 9.15 Å². The molecule has 0 amide bonds. The topological polar surface area (TPSA) is 34.4 Å². The fourth-order valence-electron chi connectivity index (χ4n) is 2.20. The van der Waals surface area contributed by atoms with E-state index in [-0.39, 0.29) is 6.04 Å². The largest absolute Gasteiger partial charge is 0.497 e. The molecular weight excluding hydrogens is 294 g/mol. The first kappa shape index (κ1) is 13.4. The molecule has 0 fully saturated rings. The van der Waals surface area contributed by atoms with Gasteiger partial charge in [-0.1, -0.05) is 6.92 Å². The van der Waals surface area contributed by atoms with Crippen molar-refractivity contribution in [3.05, 3.63) is 27.9 Å². The van der Waals surface area contributed by atoms with Crippen molar-refractivity contribution in [2.75, 3.05) is 13.7 Å². The molecule has 0 radical (unpaired) electrons. The summed E-state index contributed by atoms with van der Waals surface area (Å²) >= 11 is 3.53. The minimum Gasteiger partial charge on any atom is -0.497 e. The predicted octanol–water partition coefficient (Wildman–Crippen LogP) is 4.18. The number of ether oxygens (including phenoxy) is 1. The zero-order chi connectivity index (χ0) is 13.3. The van der Waals surface area contributed by atoms with Crippen molar-refractivity contribution in [2.24, 2.45) is 0 Å². The Morgan fingerprint density at radius 2 is 2.17 bits per heavy atom. The highest BCUT2D eigenvalue weighted by Gasteiger charge is 2.18. The summed E-state index contributed by atoms with van der Waals surface area (Å²) in [6, 6.07) is 4.15. The summed E-state index contributed by atoms with van der Waals surface area (Å²) in [6.45, 7) is 7.20. The van der Waals surface area contributed by atoms with Crippen LogP contribution >= 0.6 is 15.9 Å². The minimum atomic E-state index is 0.209. The van der Waals surface area contributed by atoms with Crippen LogP contribution in [0.25, 0.3) is 11.0 Å². The van der Waals surface area contributed by atoms with Gasteiger partial charge < -0.3 is 14.5 Å². The molecule has 2 rings (SSSR count). The number of furan rings is 1. The zero-order valence-corrected chi connectivity index (χ0v) is 12.7. The molecule has 0 spiro atoms. The number of methoxy groups -OCH3 is 1. The summed E-state index contributed by atoms with van der Waals surface area (Å²) in [4.78, 5) is 0. The average Bonchev–Trinajstić information content (AvgIpc) is 2.68. The van der Waals surface area contributed by atoms with Gasteiger partial charge in [0, 0.05) is 10.9 Å². The van der Waals surface area contributed by atoms with Gasteiger partial charge in [0.05, 0.1) is 17.6 Å². The van der Waals surface area contributed by atoms with Crippen LogP contribution in [0.1, 0.15) is 31.2 Å². The molecule has 1 aromatic carbocycles. The predicted molar refractivity (Wildman–Crippen MR) is 77.3 cm³/mol. The van der Waals surface area contributed by atoms with Gasteiger partial charge in [0.25, 0.3) is 0 Å². The molecule has 0 aliphatic rings. The van der Waals surface area contributed by atoms with Crippen LogP contribution in [0, 0.1) is 6.92 Å². The van der Waals surface area contributed by atoms with E-state index in [4.69, 9.17) is 9.15 Å². The number of hydrogen-bond donors (Lipinski definition) is 1. The molecule has 0 saturated carbocycles. The van der Waals surface area contributed by atoms with E-state index in [1.165, 1.54) is 0 Å². The van der Waals surface area contributed by atoms with Crippen molar-refractivity contribution in [1.29, 1.82) is 0 Å². The molecule has 98 valence electrons. The molecule has 1 heterocycles. The van der Waals surface area contributed by atoms with Gasteiger partial charge in [-0.2, -0.15) is 0 Å². The normalized spacial score (nSPS) is 12.9. The van der Waals surface area contributed by atoms with Crippen LogP contribution in [0.15, 0.2) is 21.0 Å². The zero-order valence-electron chi connectivity index (χ0n) is 11.1. The molecule has 4 heteroatoms. The highest BCUT2D eigenvalue weighted by Crippen LogP contribution is 2.36. The van der Waals surface area contributed by atoms with Crippen molar-refractivity contribution in [3.63, 3.8) is 0 Å². The van der Waals surface area contributed by atoms with Gasteiger partial charge in [-0.05, 0) is 48.5 Å². The number of rotatable bonds is 4. The molecular formula is C14H18BrNO2. The smallest absolute Gasteiger partial charge is 0.149 e. The van der Waals surface area contributed by atoms with Crippen LogP contribution < -0.4 is 10.1 Å². The number of benzene rings is 1. The lowest BCUT2D eigenvalue weighted by molar-refractivity contribution is 0.414. The Morgan fingerprint density at radius 3 is 2.78 bits per heavy atom. The second-order valence-corrected chi connectivity index (χ2v) is 5.21. The third-order valence-electron chi connectivity index (χ3n) is 3.14. The Kier molecular flexibility index (Phi) is 3.97. The van der Waals surface area contributed by atoms with E-state index < -0.39 is 0 Å². The van der Waals surface area contributed by atoms with Gasteiger partial charge in [0.1, 0.15) is 17.1 Å². The van der Waals surface area contributed by atoms with Gasteiger partial charge in [-0.3, -0.25) is 0 Å². The average molecular weight is 312 g/mol. The van der Waals surface area contributed by atoms with E-state index in [1.807, 2.05) is 12.1 Å². The fraction of sp³-hybridized carbons (Fsp3) is 0.429. The third kappa shape index (κ3) is 2.27. The summed E-state index contributed by atoms with van der Waals surface area (Å²) in [5, 5.41) is 4.47. The maximum atomic E-state index is 5.98. The monoisotopic (exact) mass is 311 g/mol. The third-order valence-corrected chi connectivity index (χ3v) is 3.73. The number of hydrogen-bond acceptors (Lipinski definition) is 3. The summed E-state index contributed by atoms with van der Waals surface area (Å²) in [5.74, 6) is 1.82. The number of aryl methyl sites for hydroxylation is 1. The van der Waals surface area contributed by atoms with E-state index in [2.05, 4.69) is 42.0 Å². The van der Waals surface area contributed by atoms with Crippen molar-refractivity contribution in [2.45, 2.75) is 26.8 Å². The van der Waals surface area contributed by atoms with Crippen LogP contribution in [0.3, 0.4) is 0 Å². The number of nitrogens with one attached hydrogen (secondary N) is 1. The molecule has 1 unspecified atom stereocenters. The highest BCUT2D eigenvalue weighted by atomic mass is 79.9. The summed E-state index contributed by atoms with van der Waals surface area (Å²) in [6.07, 6.45) is 0. The molecule has 1 aromatic heterocycles. The molecule has 0 aliphatic heterocycles. The van der Waals surface area contributed by atoms with Crippen LogP contribution in [0.5, 0.6) is 5.75 Å². The Labute approximate surface area is 116 Å². The second kappa shape index (κ2) is 5.33. The van der Waals surface area contributed by atoms with Gasteiger partial charge in [-0.15, -0.1) is 0 Å². The molecule has 2 aromatic rings. The Morgan fingerprint density at radius 1 is 1.44 bits per heavy atom. The lowest BCUT2D eigenvalue weighted by Crippen LogP contribution is -2.17.